The second-order valence-electron chi connectivity index (χ2n) is 10.3. The van der Waals surface area contributed by atoms with E-state index >= 15 is 0 Å². The van der Waals surface area contributed by atoms with Crippen molar-refractivity contribution in [2.75, 3.05) is 12.4 Å². The molecular weight excluding hydrogens is 619 g/mol. The van der Waals surface area contributed by atoms with Crippen molar-refractivity contribution in [3.63, 3.8) is 0 Å². The Kier molecular flexibility index (Phi) is 6.74. The van der Waals surface area contributed by atoms with Crippen molar-refractivity contribution < 1.29 is 23.8 Å². The number of hydrogen-bond acceptors (Lipinski definition) is 8. The second-order valence-corrected chi connectivity index (χ2v) is 11.5. The molecule has 0 aliphatic carbocycles. The fourth-order valence-corrected chi connectivity index (χ4v) is 6.73. The Balaban J connectivity index is 1.48. The van der Waals surface area contributed by atoms with E-state index in [4.69, 9.17) is 16.3 Å². The van der Waals surface area contributed by atoms with Crippen LogP contribution in [0.2, 0.25) is 5.02 Å². The molecule has 1 atom stereocenters. The van der Waals surface area contributed by atoms with Gasteiger partial charge < -0.3 is 15.2 Å². The van der Waals surface area contributed by atoms with Crippen LogP contribution in [-0.2, 0) is 12.3 Å². The van der Waals surface area contributed by atoms with E-state index in [0.29, 0.717) is 16.7 Å². The van der Waals surface area contributed by atoms with Gasteiger partial charge in [0.1, 0.15) is 23.3 Å². The molecule has 7 rings (SSSR count). The molecule has 10 nitrogen and oxygen atoms in total. The zero-order chi connectivity index (χ0) is 31.5. The standard InChI is InChI=1S/C32H20ClFN6O4S/c1-44-18-9-6-16(7-10-18)15-40-31(42)26-27(32(40,43)21-12-17(34)8-11-22(21)33)23(13-20-24(14-35)37-38-28(20)26)36-30(41)29-19-4-2-3-5-25(19)45-39-29/h2-13,43H,15H2,1H3,(H,36,41)(H,37,38). The number of fused-ring (bicyclic) bond motifs is 4. The number of nitriles is 1. The molecule has 2 amide bonds. The van der Waals surface area contributed by atoms with Gasteiger partial charge in [-0.3, -0.25) is 19.6 Å². The number of H-pyrrole nitrogens is 1. The van der Waals surface area contributed by atoms with E-state index in [1.54, 1.807) is 36.4 Å². The molecule has 4 aromatic carbocycles. The highest BCUT2D eigenvalue weighted by Crippen LogP contribution is 2.51. The van der Waals surface area contributed by atoms with E-state index in [-0.39, 0.29) is 56.2 Å². The summed E-state index contributed by atoms with van der Waals surface area (Å²) in [6.45, 7) is -0.147. The number of methoxy groups -OCH3 is 1. The first-order valence-electron chi connectivity index (χ1n) is 13.5. The van der Waals surface area contributed by atoms with E-state index in [1.807, 2.05) is 18.2 Å². The van der Waals surface area contributed by atoms with E-state index in [9.17, 15) is 24.3 Å². The molecule has 6 aromatic rings. The van der Waals surface area contributed by atoms with Crippen LogP contribution < -0.4 is 10.1 Å². The molecule has 0 saturated heterocycles. The van der Waals surface area contributed by atoms with Crippen molar-refractivity contribution in [2.45, 2.75) is 12.3 Å². The van der Waals surface area contributed by atoms with Gasteiger partial charge >= 0.3 is 0 Å². The number of amides is 2. The van der Waals surface area contributed by atoms with Gasteiger partial charge in [0.25, 0.3) is 11.8 Å². The van der Waals surface area contributed by atoms with Crippen molar-refractivity contribution in [1.29, 1.82) is 5.26 Å². The predicted octanol–water partition coefficient (Wildman–Crippen LogP) is 5.95. The number of ether oxygens (including phenoxy) is 1. The molecule has 3 N–H and O–H groups in total. The number of halogens is 2. The average Bonchev–Trinajstić information content (AvgIpc) is 3.73. The van der Waals surface area contributed by atoms with Crippen LogP contribution in [-0.4, -0.2) is 43.5 Å². The van der Waals surface area contributed by atoms with Gasteiger partial charge in [0.05, 0.1) is 28.6 Å². The lowest BCUT2D eigenvalue weighted by Gasteiger charge is -2.36. The Morgan fingerprint density at radius 3 is 2.71 bits per heavy atom. The number of aromatic amines is 1. The van der Waals surface area contributed by atoms with Crippen LogP contribution in [0.1, 0.15) is 43.2 Å². The molecule has 0 radical (unpaired) electrons. The molecule has 0 spiro atoms. The largest absolute Gasteiger partial charge is 0.497 e. The number of carbonyl (C=O) groups excluding carboxylic acids is 2. The monoisotopic (exact) mass is 638 g/mol. The summed E-state index contributed by atoms with van der Waals surface area (Å²) in [5, 5.41) is 33.0. The summed E-state index contributed by atoms with van der Waals surface area (Å²) in [5.41, 5.74) is -1.78. The van der Waals surface area contributed by atoms with Gasteiger partial charge in [-0.15, -0.1) is 0 Å². The Hall–Kier alpha value is -5.35. The van der Waals surface area contributed by atoms with Gasteiger partial charge in [-0.25, -0.2) is 4.39 Å². The number of aliphatic hydroxyl groups is 1. The normalized spacial score (nSPS) is 15.8. The third-order valence-corrected chi connectivity index (χ3v) is 8.97. The van der Waals surface area contributed by atoms with Crippen LogP contribution in [0.25, 0.3) is 21.0 Å². The summed E-state index contributed by atoms with van der Waals surface area (Å²) in [6.07, 6.45) is 0. The summed E-state index contributed by atoms with van der Waals surface area (Å²) in [6, 6.07) is 20.9. The van der Waals surface area contributed by atoms with Crippen LogP contribution in [0, 0.1) is 17.1 Å². The van der Waals surface area contributed by atoms with Crippen molar-refractivity contribution in [3.8, 4) is 11.8 Å². The lowest BCUT2D eigenvalue weighted by Crippen LogP contribution is -2.44. The Morgan fingerprint density at radius 2 is 1.96 bits per heavy atom. The maximum Gasteiger partial charge on any atom is 0.276 e. The highest BCUT2D eigenvalue weighted by Gasteiger charge is 2.54. The van der Waals surface area contributed by atoms with Crippen LogP contribution in [0.5, 0.6) is 5.75 Å². The second kappa shape index (κ2) is 10.7. The van der Waals surface area contributed by atoms with Gasteiger partial charge in [-0.2, -0.15) is 14.7 Å². The fourth-order valence-electron chi connectivity index (χ4n) is 5.71. The molecule has 13 heteroatoms. The summed E-state index contributed by atoms with van der Waals surface area (Å²) in [5.74, 6) is -1.41. The fraction of sp³-hybridized carbons (Fsp3) is 0.0938. The number of carbonyl (C=O) groups is 2. The van der Waals surface area contributed by atoms with Crippen LogP contribution in [0.3, 0.4) is 0 Å². The minimum atomic E-state index is -2.38. The van der Waals surface area contributed by atoms with Crippen molar-refractivity contribution in [3.05, 3.63) is 117 Å². The van der Waals surface area contributed by atoms with Gasteiger partial charge in [-0.05, 0) is 59.6 Å². The lowest BCUT2D eigenvalue weighted by molar-refractivity contribution is -0.0539. The first-order valence-corrected chi connectivity index (χ1v) is 14.6. The number of hydrogen-bond donors (Lipinski definition) is 3. The van der Waals surface area contributed by atoms with E-state index in [2.05, 4.69) is 19.9 Å². The summed E-state index contributed by atoms with van der Waals surface area (Å²) < 4.78 is 25.2. The highest BCUT2D eigenvalue weighted by atomic mass is 35.5. The zero-order valence-corrected chi connectivity index (χ0v) is 24.8. The molecule has 2 aromatic heterocycles. The average molecular weight is 639 g/mol. The number of rotatable bonds is 6. The summed E-state index contributed by atoms with van der Waals surface area (Å²) in [7, 11) is 1.52. The first kappa shape index (κ1) is 28.4. The summed E-state index contributed by atoms with van der Waals surface area (Å²) in [4.78, 5) is 29.3. The van der Waals surface area contributed by atoms with Crippen molar-refractivity contribution >= 4 is 61.6 Å². The Bertz CT molecular complexity index is 2230. The molecule has 0 bridgehead atoms. The topological polar surface area (TPSA) is 144 Å². The van der Waals surface area contributed by atoms with Gasteiger partial charge in [-0.1, -0.05) is 41.9 Å². The SMILES string of the molecule is COc1ccc(CN2C(=O)c3c(c(NC(=O)c4nsc5ccccc45)cc4c(C#N)n[nH]c34)C2(O)c2cc(F)ccc2Cl)cc1. The first-order chi connectivity index (χ1) is 21.7. The van der Waals surface area contributed by atoms with Crippen LogP contribution >= 0.6 is 23.1 Å². The number of anilines is 1. The Morgan fingerprint density at radius 1 is 1.18 bits per heavy atom. The molecule has 1 aliphatic heterocycles. The molecule has 0 saturated carbocycles. The zero-order valence-electron chi connectivity index (χ0n) is 23.3. The lowest BCUT2D eigenvalue weighted by atomic mass is 9.90. The molecule has 1 unspecified atom stereocenters. The molecular formula is C32H20ClFN6O4S. The van der Waals surface area contributed by atoms with Gasteiger partial charge in [0.15, 0.2) is 11.4 Å². The maximum atomic E-state index is 14.8. The minimum absolute atomic E-state index is 0.00844. The minimum Gasteiger partial charge on any atom is -0.497 e. The summed E-state index contributed by atoms with van der Waals surface area (Å²) >= 11 is 7.74. The van der Waals surface area contributed by atoms with Crippen molar-refractivity contribution in [2.24, 2.45) is 0 Å². The highest BCUT2D eigenvalue weighted by molar-refractivity contribution is 7.13. The predicted molar refractivity (Wildman–Crippen MR) is 166 cm³/mol. The quantitative estimate of drug-likeness (QED) is 0.205. The molecule has 222 valence electrons. The van der Waals surface area contributed by atoms with Crippen LogP contribution in [0.15, 0.2) is 72.8 Å². The van der Waals surface area contributed by atoms with E-state index < -0.39 is 23.4 Å². The Labute approximate surface area is 263 Å². The third-order valence-electron chi connectivity index (χ3n) is 7.81. The molecule has 1 aliphatic rings. The number of benzene rings is 4. The third kappa shape index (κ3) is 4.40. The number of aromatic nitrogens is 3. The number of nitrogens with one attached hydrogen (secondary N) is 2. The van der Waals surface area contributed by atoms with E-state index in [1.165, 1.54) is 19.2 Å². The number of nitrogens with zero attached hydrogens (tertiary/aromatic N) is 4. The van der Waals surface area contributed by atoms with Gasteiger partial charge in [0, 0.05) is 33.5 Å². The smallest absolute Gasteiger partial charge is 0.276 e. The van der Waals surface area contributed by atoms with E-state index in [0.717, 1.165) is 33.3 Å². The van der Waals surface area contributed by atoms with Crippen molar-refractivity contribution in [1.82, 2.24) is 19.5 Å². The molecule has 45 heavy (non-hydrogen) atoms. The van der Waals surface area contributed by atoms with Crippen LogP contribution in [0.4, 0.5) is 10.1 Å². The van der Waals surface area contributed by atoms with Gasteiger partial charge in [0.2, 0.25) is 0 Å². The molecule has 3 heterocycles. The molecule has 0 fully saturated rings. The maximum absolute atomic E-state index is 14.8.